The highest BCUT2D eigenvalue weighted by atomic mass is 16.5. The quantitative estimate of drug-likeness (QED) is 0.626. The van der Waals surface area contributed by atoms with E-state index in [2.05, 4.69) is 48.7 Å². The van der Waals surface area contributed by atoms with E-state index in [0.29, 0.717) is 6.61 Å². The van der Waals surface area contributed by atoms with Gasteiger partial charge in [0, 0.05) is 6.04 Å². The number of aryl methyl sites for hydroxylation is 1. The third kappa shape index (κ3) is 3.83. The summed E-state index contributed by atoms with van der Waals surface area (Å²) >= 11 is 0. The third-order valence-corrected chi connectivity index (χ3v) is 3.32. The van der Waals surface area contributed by atoms with Crippen molar-refractivity contribution in [1.29, 1.82) is 0 Å². The van der Waals surface area contributed by atoms with Crippen molar-refractivity contribution in [3.63, 3.8) is 0 Å². The van der Waals surface area contributed by atoms with Crippen molar-refractivity contribution >= 4 is 0 Å². The first kappa shape index (κ1) is 14.6. The van der Waals surface area contributed by atoms with E-state index in [-0.39, 0.29) is 6.04 Å². The molecule has 3 nitrogen and oxygen atoms in total. The predicted molar refractivity (Wildman–Crippen MR) is 82.6 cm³/mol. The Labute approximate surface area is 120 Å². The molecular weight excluding hydrogens is 248 g/mol. The zero-order valence-corrected chi connectivity index (χ0v) is 12.1. The third-order valence-electron chi connectivity index (χ3n) is 3.32. The number of nitrogens with one attached hydrogen (secondary N) is 1. The van der Waals surface area contributed by atoms with Gasteiger partial charge >= 0.3 is 0 Å². The van der Waals surface area contributed by atoms with Crippen molar-refractivity contribution in [1.82, 2.24) is 5.43 Å². The molecule has 0 aliphatic heterocycles. The second-order valence-electron chi connectivity index (χ2n) is 4.91. The number of nitrogens with two attached hydrogens (primary N) is 1. The number of benzene rings is 2. The molecule has 3 N–H and O–H groups in total. The van der Waals surface area contributed by atoms with Crippen LogP contribution in [-0.2, 0) is 6.42 Å². The Kier molecular flexibility index (Phi) is 5.16. The molecule has 0 fully saturated rings. The molecular formula is C17H22N2O. The average Bonchev–Trinajstić information content (AvgIpc) is 2.46. The molecule has 106 valence electrons. The second kappa shape index (κ2) is 7.08. The number of hydrazine groups is 1. The summed E-state index contributed by atoms with van der Waals surface area (Å²) < 4.78 is 5.46. The van der Waals surface area contributed by atoms with E-state index >= 15 is 0 Å². The molecule has 0 saturated carbocycles. The van der Waals surface area contributed by atoms with Crippen LogP contribution in [0.5, 0.6) is 5.75 Å². The van der Waals surface area contributed by atoms with Gasteiger partial charge in [-0.2, -0.15) is 0 Å². The van der Waals surface area contributed by atoms with Crippen LogP contribution in [0.2, 0.25) is 0 Å². The number of rotatable bonds is 6. The van der Waals surface area contributed by atoms with Gasteiger partial charge in [0.05, 0.1) is 6.61 Å². The summed E-state index contributed by atoms with van der Waals surface area (Å²) in [5.41, 5.74) is 6.61. The summed E-state index contributed by atoms with van der Waals surface area (Å²) in [6.45, 7) is 4.77. The molecule has 20 heavy (non-hydrogen) atoms. The molecule has 0 aromatic heterocycles. The van der Waals surface area contributed by atoms with Gasteiger partial charge in [0.1, 0.15) is 5.75 Å². The molecule has 0 spiro atoms. The molecule has 0 heterocycles. The Balaban J connectivity index is 2.11. The van der Waals surface area contributed by atoms with E-state index in [1.54, 1.807) is 0 Å². The summed E-state index contributed by atoms with van der Waals surface area (Å²) in [6.07, 6.45) is 0.867. The summed E-state index contributed by atoms with van der Waals surface area (Å²) in [5.74, 6) is 6.60. The van der Waals surface area contributed by atoms with Crippen molar-refractivity contribution in [3.8, 4) is 5.75 Å². The predicted octanol–water partition coefficient (Wildman–Crippen LogP) is 3.14. The normalized spacial score (nSPS) is 12.2. The van der Waals surface area contributed by atoms with Crippen LogP contribution < -0.4 is 16.0 Å². The Bertz CT molecular complexity index is 537. The standard InChI is InChI=1S/C17H22N2O/c1-3-20-16-9-7-15(8-10-16)17(19-18)12-14-6-4-5-13(2)11-14/h4-11,17,19H,3,12,18H2,1-2H3. The molecule has 0 radical (unpaired) electrons. The van der Waals surface area contributed by atoms with Crippen molar-refractivity contribution in [2.45, 2.75) is 26.3 Å². The zero-order chi connectivity index (χ0) is 14.4. The lowest BCUT2D eigenvalue weighted by Crippen LogP contribution is -2.29. The highest BCUT2D eigenvalue weighted by Crippen LogP contribution is 2.21. The maximum Gasteiger partial charge on any atom is 0.119 e. The van der Waals surface area contributed by atoms with Gasteiger partial charge in [-0.3, -0.25) is 11.3 Å². The molecule has 0 saturated heterocycles. The lowest BCUT2D eigenvalue weighted by Gasteiger charge is -2.17. The van der Waals surface area contributed by atoms with Gasteiger partial charge < -0.3 is 4.74 Å². The topological polar surface area (TPSA) is 47.3 Å². The zero-order valence-electron chi connectivity index (χ0n) is 12.1. The average molecular weight is 270 g/mol. The Morgan fingerprint density at radius 3 is 2.50 bits per heavy atom. The van der Waals surface area contributed by atoms with E-state index in [9.17, 15) is 0 Å². The lowest BCUT2D eigenvalue weighted by atomic mass is 9.98. The lowest BCUT2D eigenvalue weighted by molar-refractivity contribution is 0.340. The van der Waals surface area contributed by atoms with Crippen molar-refractivity contribution in [3.05, 3.63) is 65.2 Å². The maximum atomic E-state index is 5.71. The van der Waals surface area contributed by atoms with E-state index in [1.807, 2.05) is 19.1 Å². The Morgan fingerprint density at radius 1 is 1.15 bits per heavy atom. The van der Waals surface area contributed by atoms with Crippen LogP contribution in [0.25, 0.3) is 0 Å². The minimum Gasteiger partial charge on any atom is -0.494 e. The summed E-state index contributed by atoms with van der Waals surface area (Å²) in [4.78, 5) is 0. The first-order valence-electron chi connectivity index (χ1n) is 6.97. The van der Waals surface area contributed by atoms with E-state index in [0.717, 1.165) is 17.7 Å². The molecule has 0 amide bonds. The van der Waals surface area contributed by atoms with Crippen LogP contribution in [0.15, 0.2) is 48.5 Å². The fourth-order valence-electron chi connectivity index (χ4n) is 2.31. The van der Waals surface area contributed by atoms with Crippen LogP contribution in [0, 0.1) is 6.92 Å². The molecule has 1 unspecified atom stereocenters. The van der Waals surface area contributed by atoms with Gasteiger partial charge in [-0.05, 0) is 43.5 Å². The molecule has 2 aromatic carbocycles. The number of ether oxygens (including phenoxy) is 1. The van der Waals surface area contributed by atoms with Crippen LogP contribution >= 0.6 is 0 Å². The van der Waals surface area contributed by atoms with E-state index in [4.69, 9.17) is 10.6 Å². The molecule has 2 rings (SSSR count). The van der Waals surface area contributed by atoms with Gasteiger partial charge in [-0.1, -0.05) is 42.0 Å². The van der Waals surface area contributed by atoms with Gasteiger partial charge in [0.15, 0.2) is 0 Å². The highest BCUT2D eigenvalue weighted by molar-refractivity contribution is 5.31. The first-order chi connectivity index (χ1) is 9.72. The van der Waals surface area contributed by atoms with Gasteiger partial charge in [0.25, 0.3) is 0 Å². The fraction of sp³-hybridized carbons (Fsp3) is 0.294. The van der Waals surface area contributed by atoms with Crippen molar-refractivity contribution in [2.75, 3.05) is 6.61 Å². The summed E-state index contributed by atoms with van der Waals surface area (Å²) in [5, 5.41) is 0. The van der Waals surface area contributed by atoms with E-state index in [1.165, 1.54) is 11.1 Å². The molecule has 0 aliphatic carbocycles. The van der Waals surface area contributed by atoms with Gasteiger partial charge in [0.2, 0.25) is 0 Å². The van der Waals surface area contributed by atoms with Crippen molar-refractivity contribution < 1.29 is 4.74 Å². The van der Waals surface area contributed by atoms with Crippen LogP contribution in [-0.4, -0.2) is 6.61 Å². The van der Waals surface area contributed by atoms with E-state index < -0.39 is 0 Å². The number of hydrogen-bond acceptors (Lipinski definition) is 3. The highest BCUT2D eigenvalue weighted by Gasteiger charge is 2.10. The SMILES string of the molecule is CCOc1ccc(C(Cc2cccc(C)c2)NN)cc1. The largest absolute Gasteiger partial charge is 0.494 e. The maximum absolute atomic E-state index is 5.71. The molecule has 2 aromatic rings. The van der Waals surface area contributed by atoms with Crippen LogP contribution in [0.3, 0.4) is 0 Å². The first-order valence-corrected chi connectivity index (χ1v) is 6.97. The molecule has 0 bridgehead atoms. The molecule has 3 heteroatoms. The Morgan fingerprint density at radius 2 is 1.90 bits per heavy atom. The monoisotopic (exact) mass is 270 g/mol. The fourth-order valence-corrected chi connectivity index (χ4v) is 2.31. The van der Waals surface area contributed by atoms with Crippen molar-refractivity contribution in [2.24, 2.45) is 5.84 Å². The number of hydrogen-bond donors (Lipinski definition) is 2. The van der Waals surface area contributed by atoms with Crippen LogP contribution in [0.4, 0.5) is 0 Å². The molecule has 0 aliphatic rings. The summed E-state index contributed by atoms with van der Waals surface area (Å²) in [7, 11) is 0. The smallest absolute Gasteiger partial charge is 0.119 e. The van der Waals surface area contributed by atoms with Crippen LogP contribution in [0.1, 0.15) is 29.7 Å². The Hall–Kier alpha value is -1.84. The second-order valence-corrected chi connectivity index (χ2v) is 4.91. The summed E-state index contributed by atoms with van der Waals surface area (Å²) in [6, 6.07) is 16.7. The minimum absolute atomic E-state index is 0.104. The minimum atomic E-state index is 0.104. The van der Waals surface area contributed by atoms with Gasteiger partial charge in [-0.25, -0.2) is 0 Å². The molecule has 1 atom stereocenters. The van der Waals surface area contributed by atoms with Gasteiger partial charge in [-0.15, -0.1) is 0 Å².